The van der Waals surface area contributed by atoms with E-state index in [4.69, 9.17) is 15.3 Å². The molecule has 0 saturated carbocycles. The molecule has 0 saturated heterocycles. The fraction of sp³-hybridized carbons (Fsp3) is 1.00. The van der Waals surface area contributed by atoms with Crippen LogP contribution in [0.3, 0.4) is 0 Å². The molecular weight excluding hydrogens is 194 g/mol. The van der Waals surface area contributed by atoms with Crippen molar-refractivity contribution in [2.45, 2.75) is 33.2 Å². The average Bonchev–Trinajstić information content (AvgIpc) is 2.23. The van der Waals surface area contributed by atoms with Gasteiger partial charge in [-0.05, 0) is 12.3 Å². The van der Waals surface area contributed by atoms with Crippen molar-refractivity contribution >= 4 is 0 Å². The van der Waals surface area contributed by atoms with Crippen molar-refractivity contribution in [2.75, 3.05) is 26.4 Å². The fourth-order valence-corrected chi connectivity index (χ4v) is 1.35. The first-order chi connectivity index (χ1) is 6.99. The molecule has 0 amide bonds. The van der Waals surface area contributed by atoms with Gasteiger partial charge in [0.25, 0.3) is 0 Å². The minimum atomic E-state index is -0.484. The molecule has 0 spiro atoms. The first kappa shape index (κ1) is 14.8. The van der Waals surface area contributed by atoms with Crippen LogP contribution < -0.4 is 5.32 Å². The molecule has 0 fully saturated rings. The first-order valence-corrected chi connectivity index (χ1v) is 5.55. The summed E-state index contributed by atoms with van der Waals surface area (Å²) < 4.78 is 0. The van der Waals surface area contributed by atoms with Crippen LogP contribution in [0.5, 0.6) is 0 Å². The van der Waals surface area contributed by atoms with E-state index >= 15 is 0 Å². The van der Waals surface area contributed by atoms with E-state index in [0.29, 0.717) is 18.9 Å². The minimum Gasteiger partial charge on any atom is -0.396 e. The molecule has 1 unspecified atom stereocenters. The van der Waals surface area contributed by atoms with Gasteiger partial charge in [0.2, 0.25) is 0 Å². The Balaban J connectivity index is 4.07. The van der Waals surface area contributed by atoms with Crippen LogP contribution in [-0.2, 0) is 0 Å². The number of hydrogen-bond donors (Lipinski definition) is 4. The first-order valence-electron chi connectivity index (χ1n) is 5.55. The average molecular weight is 219 g/mol. The highest BCUT2D eigenvalue weighted by atomic mass is 16.3. The summed E-state index contributed by atoms with van der Waals surface area (Å²) in [5.41, 5.74) is -0.484. The second kappa shape index (κ2) is 7.17. The van der Waals surface area contributed by atoms with Crippen LogP contribution in [-0.4, -0.2) is 47.7 Å². The Morgan fingerprint density at radius 1 is 1.13 bits per heavy atom. The van der Waals surface area contributed by atoms with E-state index in [9.17, 15) is 0 Å². The summed E-state index contributed by atoms with van der Waals surface area (Å²) in [6, 6.07) is 0.229. The van der Waals surface area contributed by atoms with Gasteiger partial charge in [0.05, 0.1) is 13.2 Å². The molecule has 0 heterocycles. The summed E-state index contributed by atoms with van der Waals surface area (Å²) in [7, 11) is 0. The number of rotatable bonds is 8. The Morgan fingerprint density at radius 3 is 2.00 bits per heavy atom. The van der Waals surface area contributed by atoms with Crippen LogP contribution in [0.4, 0.5) is 0 Å². The van der Waals surface area contributed by atoms with Crippen molar-refractivity contribution in [1.82, 2.24) is 5.32 Å². The second-order valence-electron chi connectivity index (χ2n) is 4.87. The maximum atomic E-state index is 9.12. The third-order valence-corrected chi connectivity index (χ3v) is 2.80. The second-order valence-corrected chi connectivity index (χ2v) is 4.87. The summed E-state index contributed by atoms with van der Waals surface area (Å²) in [4.78, 5) is 0. The topological polar surface area (TPSA) is 72.7 Å². The lowest BCUT2D eigenvalue weighted by atomic mass is 9.91. The lowest BCUT2D eigenvalue weighted by Crippen LogP contribution is -2.44. The van der Waals surface area contributed by atoms with Gasteiger partial charge in [0, 0.05) is 24.6 Å². The SMILES string of the molecule is CC(C)C(CCO)NCC(C)(CO)CO. The zero-order valence-electron chi connectivity index (χ0n) is 10.0. The van der Waals surface area contributed by atoms with E-state index in [2.05, 4.69) is 19.2 Å². The monoisotopic (exact) mass is 219 g/mol. The normalized spacial score (nSPS) is 14.6. The Morgan fingerprint density at radius 2 is 1.67 bits per heavy atom. The largest absolute Gasteiger partial charge is 0.396 e. The molecule has 0 bridgehead atoms. The lowest BCUT2D eigenvalue weighted by molar-refractivity contribution is 0.0644. The Bertz CT molecular complexity index is 158. The van der Waals surface area contributed by atoms with Crippen molar-refractivity contribution in [3.8, 4) is 0 Å². The molecule has 15 heavy (non-hydrogen) atoms. The molecule has 0 aliphatic heterocycles. The Kier molecular flexibility index (Phi) is 7.09. The number of hydrogen-bond acceptors (Lipinski definition) is 4. The highest BCUT2D eigenvalue weighted by molar-refractivity contribution is 4.79. The predicted octanol–water partition coefficient (Wildman–Crippen LogP) is -0.0261. The molecule has 0 aromatic heterocycles. The molecule has 1 atom stereocenters. The molecular formula is C11H25NO3. The number of nitrogens with one attached hydrogen (secondary N) is 1. The zero-order valence-corrected chi connectivity index (χ0v) is 10.0. The maximum Gasteiger partial charge on any atom is 0.0518 e. The van der Waals surface area contributed by atoms with Crippen molar-refractivity contribution < 1.29 is 15.3 Å². The molecule has 0 rings (SSSR count). The van der Waals surface area contributed by atoms with Gasteiger partial charge in [-0.3, -0.25) is 0 Å². The van der Waals surface area contributed by atoms with Crippen LogP contribution in [0.1, 0.15) is 27.2 Å². The highest BCUT2D eigenvalue weighted by Crippen LogP contribution is 2.14. The molecule has 0 radical (unpaired) electrons. The quantitative estimate of drug-likeness (QED) is 0.463. The summed E-state index contributed by atoms with van der Waals surface area (Å²) >= 11 is 0. The molecule has 0 aliphatic rings. The third kappa shape index (κ3) is 5.47. The van der Waals surface area contributed by atoms with Crippen molar-refractivity contribution in [1.29, 1.82) is 0 Å². The van der Waals surface area contributed by atoms with Crippen LogP contribution >= 0.6 is 0 Å². The minimum absolute atomic E-state index is 0.0412. The molecule has 4 nitrogen and oxygen atoms in total. The van der Waals surface area contributed by atoms with Gasteiger partial charge < -0.3 is 20.6 Å². The number of aliphatic hydroxyl groups is 3. The molecule has 4 N–H and O–H groups in total. The van der Waals surface area contributed by atoms with Gasteiger partial charge in [0.1, 0.15) is 0 Å². The van der Waals surface area contributed by atoms with Gasteiger partial charge in [-0.1, -0.05) is 20.8 Å². The van der Waals surface area contributed by atoms with Gasteiger partial charge in [-0.25, -0.2) is 0 Å². The van der Waals surface area contributed by atoms with Crippen LogP contribution in [0.2, 0.25) is 0 Å². The highest BCUT2D eigenvalue weighted by Gasteiger charge is 2.24. The van der Waals surface area contributed by atoms with Crippen molar-refractivity contribution in [3.63, 3.8) is 0 Å². The van der Waals surface area contributed by atoms with Gasteiger partial charge in [0.15, 0.2) is 0 Å². The Hall–Kier alpha value is -0.160. The van der Waals surface area contributed by atoms with E-state index in [1.807, 2.05) is 6.92 Å². The fourth-order valence-electron chi connectivity index (χ4n) is 1.35. The van der Waals surface area contributed by atoms with Crippen molar-refractivity contribution in [2.24, 2.45) is 11.3 Å². The molecule has 0 aliphatic carbocycles. The molecule has 4 heteroatoms. The Labute approximate surface area is 92.3 Å². The summed E-state index contributed by atoms with van der Waals surface area (Å²) in [6.45, 7) is 6.63. The van der Waals surface area contributed by atoms with Gasteiger partial charge in [-0.2, -0.15) is 0 Å². The summed E-state index contributed by atoms with van der Waals surface area (Å²) in [5, 5.41) is 30.4. The van der Waals surface area contributed by atoms with E-state index < -0.39 is 5.41 Å². The zero-order chi connectivity index (χ0) is 11.9. The van der Waals surface area contributed by atoms with E-state index in [0.717, 1.165) is 0 Å². The molecule has 0 aromatic carbocycles. The van der Waals surface area contributed by atoms with Crippen molar-refractivity contribution in [3.05, 3.63) is 0 Å². The van der Waals surface area contributed by atoms with Gasteiger partial charge >= 0.3 is 0 Å². The summed E-state index contributed by atoms with van der Waals surface area (Å²) in [5.74, 6) is 0.429. The van der Waals surface area contributed by atoms with Crippen LogP contribution in [0.15, 0.2) is 0 Å². The van der Waals surface area contributed by atoms with E-state index in [1.165, 1.54) is 0 Å². The van der Waals surface area contributed by atoms with E-state index in [1.54, 1.807) is 0 Å². The number of aliphatic hydroxyl groups excluding tert-OH is 3. The van der Waals surface area contributed by atoms with E-state index in [-0.39, 0.29) is 25.9 Å². The maximum absolute atomic E-state index is 9.12. The standard InChI is InChI=1S/C11H25NO3/c1-9(2)10(4-5-13)12-6-11(3,7-14)8-15/h9-10,12-15H,4-8H2,1-3H3. The predicted molar refractivity (Wildman–Crippen MR) is 60.6 cm³/mol. The molecule has 0 aromatic rings. The molecule has 92 valence electrons. The third-order valence-electron chi connectivity index (χ3n) is 2.80. The van der Waals surface area contributed by atoms with Crippen LogP contribution in [0, 0.1) is 11.3 Å². The lowest BCUT2D eigenvalue weighted by Gasteiger charge is -2.29. The van der Waals surface area contributed by atoms with Crippen LogP contribution in [0.25, 0.3) is 0 Å². The smallest absolute Gasteiger partial charge is 0.0518 e. The van der Waals surface area contributed by atoms with Gasteiger partial charge in [-0.15, -0.1) is 0 Å². The summed E-state index contributed by atoms with van der Waals surface area (Å²) in [6.07, 6.45) is 0.699.